The third kappa shape index (κ3) is 7.49. The van der Waals surface area contributed by atoms with Gasteiger partial charge in [0, 0.05) is 18.4 Å². The number of hydrogen-bond donors (Lipinski definition) is 0. The lowest BCUT2D eigenvalue weighted by Crippen LogP contribution is -2.08. The van der Waals surface area contributed by atoms with E-state index in [0.29, 0.717) is 23.8 Å². The Hall–Kier alpha value is -2.33. The summed E-state index contributed by atoms with van der Waals surface area (Å²) < 4.78 is 34.3. The summed E-state index contributed by atoms with van der Waals surface area (Å²) in [6.45, 7) is 8.74. The van der Waals surface area contributed by atoms with Crippen LogP contribution in [0.1, 0.15) is 63.5 Å². The Morgan fingerprint density at radius 1 is 1.10 bits per heavy atom. The molecule has 0 saturated carbocycles. The molecule has 1 aromatic carbocycles. The molecule has 30 heavy (non-hydrogen) atoms. The molecule has 0 aliphatic rings. The summed E-state index contributed by atoms with van der Waals surface area (Å²) in [7, 11) is 0. The molecule has 0 spiro atoms. The maximum Gasteiger partial charge on any atom is 0.168 e. The minimum absolute atomic E-state index is 0.170. The van der Waals surface area contributed by atoms with Crippen LogP contribution >= 0.6 is 0 Å². The summed E-state index contributed by atoms with van der Waals surface area (Å²) in [6.07, 6.45) is 14.6. The molecule has 0 fully saturated rings. The van der Waals surface area contributed by atoms with Crippen molar-refractivity contribution in [3.8, 4) is 11.3 Å². The van der Waals surface area contributed by atoms with Crippen LogP contribution < -0.4 is 0 Å². The molecule has 1 heterocycles. The highest BCUT2D eigenvalue weighted by molar-refractivity contribution is 5.62. The maximum absolute atomic E-state index is 14.4. The van der Waals surface area contributed by atoms with Crippen LogP contribution in [0.4, 0.5) is 8.78 Å². The Labute approximate surface area is 179 Å². The molecule has 1 atom stereocenters. The number of halogens is 2. The number of aromatic nitrogens is 1. The van der Waals surface area contributed by atoms with E-state index in [2.05, 4.69) is 31.5 Å². The van der Waals surface area contributed by atoms with Crippen molar-refractivity contribution in [1.29, 1.82) is 0 Å². The fourth-order valence-electron chi connectivity index (χ4n) is 3.23. The van der Waals surface area contributed by atoms with E-state index in [1.165, 1.54) is 12.8 Å². The van der Waals surface area contributed by atoms with Crippen LogP contribution in [0.25, 0.3) is 17.3 Å². The van der Waals surface area contributed by atoms with Gasteiger partial charge in [0.25, 0.3) is 0 Å². The first-order valence-corrected chi connectivity index (χ1v) is 10.9. The number of rotatable bonds is 13. The number of benzene rings is 1. The van der Waals surface area contributed by atoms with Gasteiger partial charge < -0.3 is 4.74 Å². The van der Waals surface area contributed by atoms with Crippen LogP contribution in [0.3, 0.4) is 0 Å². The van der Waals surface area contributed by atoms with Crippen LogP contribution in [0.5, 0.6) is 0 Å². The van der Waals surface area contributed by atoms with E-state index in [1.807, 2.05) is 12.1 Å². The van der Waals surface area contributed by atoms with E-state index in [9.17, 15) is 8.78 Å². The summed E-state index contributed by atoms with van der Waals surface area (Å²) in [4.78, 5) is 4.30. The highest BCUT2D eigenvalue weighted by Gasteiger charge is 2.14. The smallest absolute Gasteiger partial charge is 0.168 e. The summed E-state index contributed by atoms with van der Waals surface area (Å²) in [5, 5.41) is 0. The van der Waals surface area contributed by atoms with Crippen LogP contribution in [-0.4, -0.2) is 17.7 Å². The fraction of sp³-hybridized carbons (Fsp3) is 0.423. The van der Waals surface area contributed by atoms with Crippen LogP contribution in [0.2, 0.25) is 0 Å². The largest absolute Gasteiger partial charge is 0.379 e. The number of hydrogen-bond acceptors (Lipinski definition) is 2. The summed E-state index contributed by atoms with van der Waals surface area (Å²) in [6, 6.07) is 6.74. The standard InChI is InChI=1S/C26H33F2NO/c1-4-6-10-18-30-20(3)12-8-7-9-13-21-14-17-24(29-19-21)23-16-15-22(11-5-2)25(27)26(23)28/h5,9,13-17,19-20H,2,4,6-8,10-12,18H2,1,3H3/b13-9+. The Morgan fingerprint density at radius 3 is 2.63 bits per heavy atom. The first kappa shape index (κ1) is 23.9. The average molecular weight is 414 g/mol. The number of unbranched alkanes of at least 4 members (excludes halogenated alkanes) is 3. The molecular weight excluding hydrogens is 380 g/mol. The lowest BCUT2D eigenvalue weighted by Gasteiger charge is -2.12. The van der Waals surface area contributed by atoms with Gasteiger partial charge in [0.2, 0.25) is 0 Å². The SMILES string of the molecule is C=CCc1ccc(-c2ccc(/C=C/CCCC(C)OCCCCC)cn2)c(F)c1F. The van der Waals surface area contributed by atoms with Gasteiger partial charge in [0.15, 0.2) is 11.6 Å². The van der Waals surface area contributed by atoms with Gasteiger partial charge in [-0.25, -0.2) is 8.78 Å². The third-order valence-corrected chi connectivity index (χ3v) is 5.03. The molecule has 2 rings (SSSR count). The second-order valence-electron chi connectivity index (χ2n) is 7.59. The van der Waals surface area contributed by atoms with E-state index in [0.717, 1.165) is 37.9 Å². The summed E-state index contributed by atoms with van der Waals surface area (Å²) in [5.74, 6) is -1.70. The topological polar surface area (TPSA) is 22.1 Å². The Morgan fingerprint density at radius 2 is 1.93 bits per heavy atom. The zero-order valence-electron chi connectivity index (χ0n) is 18.2. The molecule has 4 heteroatoms. The van der Waals surface area contributed by atoms with Crippen molar-refractivity contribution in [2.24, 2.45) is 0 Å². The zero-order chi connectivity index (χ0) is 21.8. The number of ether oxygens (including phenoxy) is 1. The van der Waals surface area contributed by atoms with Crippen molar-refractivity contribution in [2.45, 2.75) is 64.9 Å². The highest BCUT2D eigenvalue weighted by atomic mass is 19.2. The first-order chi connectivity index (χ1) is 14.6. The van der Waals surface area contributed by atoms with Gasteiger partial charge in [-0.05, 0) is 62.3 Å². The first-order valence-electron chi connectivity index (χ1n) is 10.9. The van der Waals surface area contributed by atoms with E-state index in [4.69, 9.17) is 4.74 Å². The second kappa shape index (κ2) is 13.1. The predicted octanol–water partition coefficient (Wildman–Crippen LogP) is 7.53. The lowest BCUT2D eigenvalue weighted by atomic mass is 10.0. The quantitative estimate of drug-likeness (QED) is 0.250. The van der Waals surface area contributed by atoms with E-state index in [1.54, 1.807) is 30.5 Å². The second-order valence-corrected chi connectivity index (χ2v) is 7.59. The van der Waals surface area contributed by atoms with Gasteiger partial charge in [-0.1, -0.05) is 50.1 Å². The van der Waals surface area contributed by atoms with Crippen molar-refractivity contribution in [1.82, 2.24) is 4.98 Å². The predicted molar refractivity (Wildman–Crippen MR) is 121 cm³/mol. The number of pyridine rings is 1. The maximum atomic E-state index is 14.4. The molecule has 0 amide bonds. The van der Waals surface area contributed by atoms with Crippen LogP contribution in [0.15, 0.2) is 49.2 Å². The summed E-state index contributed by atoms with van der Waals surface area (Å²) >= 11 is 0. The Balaban J connectivity index is 1.83. The van der Waals surface area contributed by atoms with Gasteiger partial charge >= 0.3 is 0 Å². The molecule has 1 unspecified atom stereocenters. The molecule has 1 aromatic heterocycles. The lowest BCUT2D eigenvalue weighted by molar-refractivity contribution is 0.0566. The monoisotopic (exact) mass is 413 g/mol. The molecule has 2 nitrogen and oxygen atoms in total. The van der Waals surface area contributed by atoms with Gasteiger partial charge in [0.1, 0.15) is 0 Å². The number of allylic oxidation sites excluding steroid dienone is 2. The van der Waals surface area contributed by atoms with Crippen molar-refractivity contribution >= 4 is 6.08 Å². The Kier molecular flexibility index (Phi) is 10.4. The van der Waals surface area contributed by atoms with Gasteiger partial charge in [-0.15, -0.1) is 6.58 Å². The minimum atomic E-state index is -0.865. The van der Waals surface area contributed by atoms with Crippen molar-refractivity contribution in [2.75, 3.05) is 6.61 Å². The van der Waals surface area contributed by atoms with Gasteiger partial charge in [-0.2, -0.15) is 0 Å². The normalized spacial score (nSPS) is 12.4. The minimum Gasteiger partial charge on any atom is -0.379 e. The van der Waals surface area contributed by atoms with Gasteiger partial charge in [-0.3, -0.25) is 4.98 Å². The number of nitrogens with zero attached hydrogens (tertiary/aromatic N) is 1. The van der Waals surface area contributed by atoms with Crippen molar-refractivity contribution in [3.63, 3.8) is 0 Å². The molecule has 0 N–H and O–H groups in total. The van der Waals surface area contributed by atoms with Crippen LogP contribution in [-0.2, 0) is 11.2 Å². The third-order valence-electron chi connectivity index (χ3n) is 5.03. The van der Waals surface area contributed by atoms with E-state index in [-0.39, 0.29) is 5.56 Å². The van der Waals surface area contributed by atoms with E-state index >= 15 is 0 Å². The van der Waals surface area contributed by atoms with Crippen molar-refractivity contribution in [3.05, 3.63) is 72.0 Å². The van der Waals surface area contributed by atoms with E-state index < -0.39 is 11.6 Å². The molecule has 0 aliphatic carbocycles. The summed E-state index contributed by atoms with van der Waals surface area (Å²) in [5.41, 5.74) is 1.82. The molecule has 162 valence electrons. The van der Waals surface area contributed by atoms with Gasteiger partial charge in [0.05, 0.1) is 11.8 Å². The fourth-order valence-corrected chi connectivity index (χ4v) is 3.23. The molecule has 0 bridgehead atoms. The Bertz CT molecular complexity index is 815. The molecule has 0 radical (unpaired) electrons. The van der Waals surface area contributed by atoms with Crippen LogP contribution in [0, 0.1) is 11.6 Å². The highest BCUT2D eigenvalue weighted by Crippen LogP contribution is 2.25. The zero-order valence-corrected chi connectivity index (χ0v) is 18.2. The molecule has 0 saturated heterocycles. The average Bonchev–Trinajstić information content (AvgIpc) is 2.75. The molecule has 2 aromatic rings. The molecular formula is C26H33F2NO. The van der Waals surface area contributed by atoms with Crippen molar-refractivity contribution < 1.29 is 13.5 Å². The molecule has 0 aliphatic heterocycles.